The van der Waals surface area contributed by atoms with Crippen LogP contribution < -0.4 is 5.73 Å². The highest BCUT2D eigenvalue weighted by Crippen LogP contribution is 2.08. The van der Waals surface area contributed by atoms with Crippen LogP contribution in [0.2, 0.25) is 0 Å². The Hall–Kier alpha value is -1.42. The Bertz CT molecular complexity index is 397. The van der Waals surface area contributed by atoms with E-state index >= 15 is 0 Å². The van der Waals surface area contributed by atoms with Gasteiger partial charge in [-0.15, -0.1) is 0 Å². The summed E-state index contributed by atoms with van der Waals surface area (Å²) in [6.45, 7) is 0. The third-order valence-corrected chi connectivity index (χ3v) is 2.54. The number of nitrogens with zero attached hydrogens (tertiary/aromatic N) is 2. The maximum Gasteiger partial charge on any atom is 0.199 e. The van der Waals surface area contributed by atoms with Crippen LogP contribution in [0.25, 0.3) is 0 Å². The lowest BCUT2D eigenvalue weighted by molar-refractivity contribution is 0.891. The predicted octanol–water partition coefficient (Wildman–Crippen LogP) is 1.91. The molecule has 0 atom stereocenters. The van der Waals surface area contributed by atoms with Crippen LogP contribution in [0, 0.1) is 0 Å². The molecule has 1 aromatic carbocycles. The fourth-order valence-electron chi connectivity index (χ4n) is 1.27. The van der Waals surface area contributed by atoms with Crippen LogP contribution in [-0.4, -0.2) is 9.36 Å². The molecule has 0 unspecified atom stereocenters. The summed E-state index contributed by atoms with van der Waals surface area (Å²) in [7, 11) is 0. The number of rotatable bonds is 3. The minimum atomic E-state index is 0.549. The summed E-state index contributed by atoms with van der Waals surface area (Å²) in [4.78, 5) is 4.11. The van der Waals surface area contributed by atoms with Gasteiger partial charge in [-0.05, 0) is 12.0 Å². The number of nitrogen functional groups attached to an aromatic ring is 1. The first-order valence-corrected chi connectivity index (χ1v) is 5.24. The highest BCUT2D eigenvalue weighted by atomic mass is 32.1. The quantitative estimate of drug-likeness (QED) is 0.832. The Balaban J connectivity index is 1.95. The number of anilines is 1. The van der Waals surface area contributed by atoms with Gasteiger partial charge in [0.15, 0.2) is 5.13 Å². The van der Waals surface area contributed by atoms with Gasteiger partial charge in [0.25, 0.3) is 0 Å². The summed E-state index contributed by atoms with van der Waals surface area (Å²) < 4.78 is 4.14. The predicted molar refractivity (Wildman–Crippen MR) is 58.2 cm³/mol. The molecule has 3 nitrogen and oxygen atoms in total. The van der Waals surface area contributed by atoms with Crippen LogP contribution in [-0.2, 0) is 12.8 Å². The van der Waals surface area contributed by atoms with Crippen molar-refractivity contribution < 1.29 is 0 Å². The van der Waals surface area contributed by atoms with Gasteiger partial charge in [0, 0.05) is 18.0 Å². The minimum absolute atomic E-state index is 0.549. The monoisotopic (exact) mass is 205 g/mol. The molecule has 0 aliphatic carbocycles. The Kier molecular flexibility index (Phi) is 2.74. The van der Waals surface area contributed by atoms with Crippen LogP contribution in [0.15, 0.2) is 30.3 Å². The van der Waals surface area contributed by atoms with Crippen molar-refractivity contribution in [2.24, 2.45) is 0 Å². The number of hydrogen-bond acceptors (Lipinski definition) is 4. The topological polar surface area (TPSA) is 51.8 Å². The van der Waals surface area contributed by atoms with E-state index in [0.717, 1.165) is 18.7 Å². The van der Waals surface area contributed by atoms with Gasteiger partial charge in [0.05, 0.1) is 0 Å². The molecule has 0 bridgehead atoms. The van der Waals surface area contributed by atoms with Gasteiger partial charge in [-0.3, -0.25) is 0 Å². The number of hydrogen-bond donors (Lipinski definition) is 1. The maximum atomic E-state index is 5.49. The van der Waals surface area contributed by atoms with Crippen LogP contribution in [0.5, 0.6) is 0 Å². The molecule has 0 saturated carbocycles. The molecule has 14 heavy (non-hydrogen) atoms. The average Bonchev–Trinajstić information content (AvgIpc) is 2.63. The highest BCUT2D eigenvalue weighted by Gasteiger charge is 2.00. The second-order valence-corrected chi connectivity index (χ2v) is 3.82. The van der Waals surface area contributed by atoms with Gasteiger partial charge >= 0.3 is 0 Å². The first kappa shape index (κ1) is 9.15. The zero-order valence-corrected chi connectivity index (χ0v) is 8.50. The number of benzene rings is 1. The lowest BCUT2D eigenvalue weighted by atomic mass is 10.1. The van der Waals surface area contributed by atoms with E-state index in [0.29, 0.717) is 5.13 Å². The van der Waals surface area contributed by atoms with Crippen molar-refractivity contribution in [3.8, 4) is 0 Å². The second-order valence-electron chi connectivity index (χ2n) is 3.03. The average molecular weight is 205 g/mol. The van der Waals surface area contributed by atoms with Crippen molar-refractivity contribution in [1.82, 2.24) is 9.36 Å². The van der Waals surface area contributed by atoms with E-state index in [1.807, 2.05) is 18.2 Å². The van der Waals surface area contributed by atoms with Gasteiger partial charge in [0.2, 0.25) is 0 Å². The standard InChI is InChI=1S/C10H11N3S/c11-10-12-9(13-14-10)7-6-8-4-2-1-3-5-8/h1-5H,6-7H2,(H2,11,12,13). The van der Waals surface area contributed by atoms with Crippen LogP contribution in [0.1, 0.15) is 11.4 Å². The molecule has 2 aromatic rings. The Morgan fingerprint density at radius 2 is 1.93 bits per heavy atom. The van der Waals surface area contributed by atoms with Crippen LogP contribution in [0.3, 0.4) is 0 Å². The number of aromatic nitrogens is 2. The van der Waals surface area contributed by atoms with Crippen LogP contribution >= 0.6 is 11.5 Å². The molecule has 0 radical (unpaired) electrons. The van der Waals surface area contributed by atoms with E-state index < -0.39 is 0 Å². The molecule has 2 rings (SSSR count). The lowest BCUT2D eigenvalue weighted by Crippen LogP contribution is -1.93. The van der Waals surface area contributed by atoms with E-state index in [4.69, 9.17) is 5.73 Å². The zero-order valence-electron chi connectivity index (χ0n) is 7.68. The van der Waals surface area contributed by atoms with Gasteiger partial charge in [-0.1, -0.05) is 30.3 Å². The normalized spacial score (nSPS) is 10.3. The van der Waals surface area contributed by atoms with E-state index in [1.54, 1.807) is 0 Å². The third kappa shape index (κ3) is 2.29. The van der Waals surface area contributed by atoms with Crippen molar-refractivity contribution >= 4 is 16.7 Å². The molecular weight excluding hydrogens is 194 g/mol. The summed E-state index contributed by atoms with van der Waals surface area (Å²) in [5, 5.41) is 0.549. The van der Waals surface area contributed by atoms with Crippen molar-refractivity contribution in [1.29, 1.82) is 0 Å². The molecule has 1 heterocycles. The van der Waals surface area contributed by atoms with Crippen molar-refractivity contribution in [2.75, 3.05) is 5.73 Å². The zero-order chi connectivity index (χ0) is 9.80. The first-order valence-electron chi connectivity index (χ1n) is 4.46. The molecule has 2 N–H and O–H groups in total. The molecule has 0 fully saturated rings. The molecule has 0 spiro atoms. The molecule has 72 valence electrons. The van der Waals surface area contributed by atoms with Gasteiger partial charge in [-0.25, -0.2) is 4.98 Å². The fourth-order valence-corrected chi connectivity index (χ4v) is 1.75. The number of nitrogens with two attached hydrogens (primary N) is 1. The minimum Gasteiger partial charge on any atom is -0.374 e. The highest BCUT2D eigenvalue weighted by molar-refractivity contribution is 7.09. The maximum absolute atomic E-state index is 5.49. The van der Waals surface area contributed by atoms with Crippen LogP contribution in [0.4, 0.5) is 5.13 Å². The molecule has 0 amide bonds. The summed E-state index contributed by atoms with van der Waals surface area (Å²) >= 11 is 1.26. The van der Waals surface area contributed by atoms with Crippen molar-refractivity contribution in [2.45, 2.75) is 12.8 Å². The molecule has 1 aromatic heterocycles. The summed E-state index contributed by atoms with van der Waals surface area (Å²) in [5.41, 5.74) is 6.80. The lowest BCUT2D eigenvalue weighted by Gasteiger charge is -1.96. The number of aryl methyl sites for hydroxylation is 2. The summed E-state index contributed by atoms with van der Waals surface area (Å²) in [6, 6.07) is 10.3. The van der Waals surface area contributed by atoms with E-state index in [9.17, 15) is 0 Å². The Labute approximate surface area is 86.8 Å². The molecule has 0 aliphatic rings. The van der Waals surface area contributed by atoms with E-state index in [1.165, 1.54) is 17.1 Å². The molecular formula is C10H11N3S. The largest absolute Gasteiger partial charge is 0.374 e. The summed E-state index contributed by atoms with van der Waals surface area (Å²) in [5.74, 6) is 0.844. The summed E-state index contributed by atoms with van der Waals surface area (Å²) in [6.07, 6.45) is 1.83. The van der Waals surface area contributed by atoms with Gasteiger partial charge in [-0.2, -0.15) is 4.37 Å². The molecule has 4 heteroatoms. The van der Waals surface area contributed by atoms with E-state index in [-0.39, 0.29) is 0 Å². The van der Waals surface area contributed by atoms with Crippen molar-refractivity contribution in [3.05, 3.63) is 41.7 Å². The second kappa shape index (κ2) is 4.19. The fraction of sp³-hybridized carbons (Fsp3) is 0.200. The first-order chi connectivity index (χ1) is 6.84. The van der Waals surface area contributed by atoms with E-state index in [2.05, 4.69) is 21.5 Å². The Morgan fingerprint density at radius 1 is 1.14 bits per heavy atom. The Morgan fingerprint density at radius 3 is 2.57 bits per heavy atom. The van der Waals surface area contributed by atoms with Crippen molar-refractivity contribution in [3.63, 3.8) is 0 Å². The third-order valence-electron chi connectivity index (χ3n) is 1.96. The smallest absolute Gasteiger partial charge is 0.199 e. The van der Waals surface area contributed by atoms with Gasteiger partial charge < -0.3 is 5.73 Å². The molecule has 0 aliphatic heterocycles. The SMILES string of the molecule is Nc1nc(CCc2ccccc2)ns1. The van der Waals surface area contributed by atoms with Gasteiger partial charge in [0.1, 0.15) is 5.82 Å². The molecule has 0 saturated heterocycles.